The van der Waals surface area contributed by atoms with Crippen LogP contribution in [0.1, 0.15) is 18.9 Å². The highest BCUT2D eigenvalue weighted by molar-refractivity contribution is 7.99. The number of hydrogen-bond donors (Lipinski definition) is 2. The number of halogens is 2. The van der Waals surface area contributed by atoms with Crippen LogP contribution in [0.3, 0.4) is 0 Å². The van der Waals surface area contributed by atoms with Gasteiger partial charge in [0.15, 0.2) is 0 Å². The average molecular weight is 336 g/mol. The lowest BCUT2D eigenvalue weighted by Gasteiger charge is -2.21. The number of carbonyl (C=O) groups is 1. The van der Waals surface area contributed by atoms with E-state index in [2.05, 4.69) is 5.32 Å². The molecule has 1 aromatic carbocycles. The van der Waals surface area contributed by atoms with Crippen LogP contribution in [0, 0.1) is 0 Å². The van der Waals surface area contributed by atoms with Gasteiger partial charge in [-0.2, -0.15) is 11.8 Å². The number of thioether (sulfide) groups is 1. The highest BCUT2D eigenvalue weighted by atomic mass is 35.5. The molecular weight excluding hydrogens is 317 g/mol. The molecule has 1 rings (SSSR count). The van der Waals surface area contributed by atoms with Crippen LogP contribution in [0.15, 0.2) is 18.2 Å². The van der Waals surface area contributed by atoms with Crippen LogP contribution >= 0.6 is 35.0 Å². The quantitative estimate of drug-likeness (QED) is 0.804. The highest BCUT2D eigenvalue weighted by Crippen LogP contribution is 2.22. The van der Waals surface area contributed by atoms with Gasteiger partial charge < -0.3 is 10.4 Å². The number of benzene rings is 1. The number of aliphatic hydroxyl groups is 1. The first kappa shape index (κ1) is 17.6. The molecular formula is C14H19Cl2NO2S. The molecule has 0 spiro atoms. The van der Waals surface area contributed by atoms with E-state index in [-0.39, 0.29) is 23.8 Å². The van der Waals surface area contributed by atoms with Gasteiger partial charge in [-0.05, 0) is 37.3 Å². The second-order valence-corrected chi connectivity index (χ2v) is 6.47. The monoisotopic (exact) mass is 335 g/mol. The van der Waals surface area contributed by atoms with E-state index in [0.717, 1.165) is 5.56 Å². The topological polar surface area (TPSA) is 49.3 Å². The van der Waals surface area contributed by atoms with Crippen LogP contribution in [0.4, 0.5) is 0 Å². The lowest BCUT2D eigenvalue weighted by atomic mass is 10.1. The predicted molar refractivity (Wildman–Crippen MR) is 86.8 cm³/mol. The van der Waals surface area contributed by atoms with Crippen molar-refractivity contribution in [2.75, 3.05) is 12.9 Å². The summed E-state index contributed by atoms with van der Waals surface area (Å²) < 4.78 is 0. The number of carbonyl (C=O) groups excluding carboxylic acids is 1. The van der Waals surface area contributed by atoms with Gasteiger partial charge in [-0.25, -0.2) is 0 Å². The van der Waals surface area contributed by atoms with Crippen LogP contribution in [0.25, 0.3) is 0 Å². The van der Waals surface area contributed by atoms with Crippen LogP contribution < -0.4 is 5.32 Å². The van der Waals surface area contributed by atoms with Crippen molar-refractivity contribution in [1.29, 1.82) is 0 Å². The summed E-state index contributed by atoms with van der Waals surface area (Å²) in [6.07, 6.45) is 2.84. The molecule has 0 fully saturated rings. The van der Waals surface area contributed by atoms with E-state index < -0.39 is 0 Å². The SMILES string of the molecule is CSC(CO)C(C)NC(=O)CCc1ccc(Cl)cc1Cl. The van der Waals surface area contributed by atoms with E-state index in [1.54, 1.807) is 12.1 Å². The van der Waals surface area contributed by atoms with Crippen LogP contribution in [-0.4, -0.2) is 35.2 Å². The second-order valence-electron chi connectivity index (χ2n) is 4.55. The molecule has 1 aromatic rings. The molecule has 20 heavy (non-hydrogen) atoms. The molecule has 6 heteroatoms. The highest BCUT2D eigenvalue weighted by Gasteiger charge is 2.17. The van der Waals surface area contributed by atoms with Gasteiger partial charge in [0.1, 0.15) is 0 Å². The Kier molecular flexibility index (Phi) is 7.74. The Labute approximate surface area is 134 Å². The summed E-state index contributed by atoms with van der Waals surface area (Å²) >= 11 is 13.4. The zero-order valence-electron chi connectivity index (χ0n) is 11.5. The van der Waals surface area contributed by atoms with Gasteiger partial charge in [0.25, 0.3) is 0 Å². The molecule has 3 nitrogen and oxygen atoms in total. The van der Waals surface area contributed by atoms with Crippen LogP contribution in [0.2, 0.25) is 10.0 Å². The molecule has 0 radical (unpaired) electrons. The first-order valence-corrected chi connectivity index (χ1v) is 8.39. The average Bonchev–Trinajstić information content (AvgIpc) is 2.39. The van der Waals surface area contributed by atoms with Gasteiger partial charge in [0, 0.05) is 27.8 Å². The van der Waals surface area contributed by atoms with E-state index >= 15 is 0 Å². The van der Waals surface area contributed by atoms with Gasteiger partial charge in [-0.1, -0.05) is 29.3 Å². The minimum absolute atomic E-state index is 0.0121. The molecule has 0 aromatic heterocycles. The molecule has 2 N–H and O–H groups in total. The standard InChI is InChI=1S/C14H19Cl2NO2S/c1-9(13(8-18)20-2)17-14(19)6-4-10-3-5-11(15)7-12(10)16/h3,5,7,9,13,18H,4,6,8H2,1-2H3,(H,17,19). The summed E-state index contributed by atoms with van der Waals surface area (Å²) in [6, 6.07) is 5.20. The molecule has 0 bridgehead atoms. The minimum Gasteiger partial charge on any atom is -0.395 e. The van der Waals surface area contributed by atoms with Crippen molar-refractivity contribution in [3.8, 4) is 0 Å². The van der Waals surface area contributed by atoms with Crippen molar-refractivity contribution >= 4 is 40.9 Å². The summed E-state index contributed by atoms with van der Waals surface area (Å²) in [4.78, 5) is 11.9. The molecule has 0 aliphatic carbocycles. The van der Waals surface area contributed by atoms with Crippen molar-refractivity contribution in [3.63, 3.8) is 0 Å². The van der Waals surface area contributed by atoms with E-state index in [1.807, 2.05) is 19.2 Å². The third-order valence-corrected chi connectivity index (χ3v) is 4.82. The first-order valence-electron chi connectivity index (χ1n) is 6.35. The van der Waals surface area contributed by atoms with Crippen molar-refractivity contribution in [1.82, 2.24) is 5.32 Å². The fraction of sp³-hybridized carbons (Fsp3) is 0.500. The number of hydrogen-bond acceptors (Lipinski definition) is 3. The second kappa shape index (κ2) is 8.78. The maximum absolute atomic E-state index is 11.9. The van der Waals surface area contributed by atoms with Gasteiger partial charge in [-0.15, -0.1) is 0 Å². The van der Waals surface area contributed by atoms with E-state index in [4.69, 9.17) is 23.2 Å². The van der Waals surface area contributed by atoms with Crippen molar-refractivity contribution in [3.05, 3.63) is 33.8 Å². The minimum atomic E-state index is -0.0665. The van der Waals surface area contributed by atoms with Crippen LogP contribution in [0.5, 0.6) is 0 Å². The van der Waals surface area contributed by atoms with Crippen molar-refractivity contribution in [2.24, 2.45) is 0 Å². The Morgan fingerprint density at radius 1 is 1.45 bits per heavy atom. The van der Waals surface area contributed by atoms with Crippen LogP contribution in [-0.2, 0) is 11.2 Å². The third kappa shape index (κ3) is 5.52. The third-order valence-electron chi connectivity index (χ3n) is 3.07. The number of aliphatic hydroxyl groups excluding tert-OH is 1. The molecule has 2 unspecified atom stereocenters. The maximum atomic E-state index is 11.9. The van der Waals surface area contributed by atoms with E-state index in [1.165, 1.54) is 11.8 Å². The van der Waals surface area contributed by atoms with Crippen molar-refractivity contribution in [2.45, 2.75) is 31.1 Å². The molecule has 0 aliphatic heterocycles. The molecule has 0 saturated heterocycles. The zero-order valence-corrected chi connectivity index (χ0v) is 13.9. The van der Waals surface area contributed by atoms with E-state index in [9.17, 15) is 9.90 Å². The summed E-state index contributed by atoms with van der Waals surface area (Å²) in [5.74, 6) is -0.0454. The summed E-state index contributed by atoms with van der Waals surface area (Å²) in [5, 5.41) is 13.2. The Balaban J connectivity index is 2.47. The van der Waals surface area contributed by atoms with Gasteiger partial charge >= 0.3 is 0 Å². The zero-order chi connectivity index (χ0) is 15.1. The first-order chi connectivity index (χ1) is 9.47. The smallest absolute Gasteiger partial charge is 0.220 e. The summed E-state index contributed by atoms with van der Waals surface area (Å²) in [6.45, 7) is 1.94. The van der Waals surface area contributed by atoms with Gasteiger partial charge in [0.2, 0.25) is 5.91 Å². The fourth-order valence-electron chi connectivity index (χ4n) is 1.83. The number of aryl methyl sites for hydroxylation is 1. The van der Waals surface area contributed by atoms with Crippen molar-refractivity contribution < 1.29 is 9.90 Å². The molecule has 0 heterocycles. The lowest BCUT2D eigenvalue weighted by molar-refractivity contribution is -0.121. The fourth-order valence-corrected chi connectivity index (χ4v) is 2.96. The molecule has 0 saturated carbocycles. The molecule has 112 valence electrons. The van der Waals surface area contributed by atoms with Gasteiger partial charge in [-0.3, -0.25) is 4.79 Å². The summed E-state index contributed by atoms with van der Waals surface area (Å²) in [5.41, 5.74) is 0.905. The van der Waals surface area contributed by atoms with Gasteiger partial charge in [0.05, 0.1) is 6.61 Å². The predicted octanol–water partition coefficient (Wildman–Crippen LogP) is 3.15. The number of amides is 1. The molecule has 1 amide bonds. The number of rotatable bonds is 7. The largest absolute Gasteiger partial charge is 0.395 e. The number of nitrogens with one attached hydrogen (secondary N) is 1. The normalized spacial score (nSPS) is 13.8. The molecule has 2 atom stereocenters. The molecule has 0 aliphatic rings. The lowest BCUT2D eigenvalue weighted by Crippen LogP contribution is -2.41. The Bertz CT molecular complexity index is 453. The summed E-state index contributed by atoms with van der Waals surface area (Å²) in [7, 11) is 0. The van der Waals surface area contributed by atoms with E-state index in [0.29, 0.717) is 22.9 Å². The Morgan fingerprint density at radius 3 is 2.70 bits per heavy atom. The Morgan fingerprint density at radius 2 is 2.15 bits per heavy atom. The Hall–Kier alpha value is -0.420. The maximum Gasteiger partial charge on any atom is 0.220 e.